The third kappa shape index (κ3) is 4.81. The Labute approximate surface area is 187 Å². The molecule has 2 aromatic heterocycles. The number of carbonyl (C=O) groups excluding carboxylic acids is 1. The Bertz CT molecular complexity index is 1050. The van der Waals surface area contributed by atoms with E-state index >= 15 is 0 Å². The number of aromatic nitrogens is 3. The maximum absolute atomic E-state index is 13.5. The first-order chi connectivity index (χ1) is 14.9. The largest absolute Gasteiger partial charge is 0.379 e. The summed E-state index contributed by atoms with van der Waals surface area (Å²) >= 11 is 1.58. The lowest BCUT2D eigenvalue weighted by Crippen LogP contribution is -2.39. The minimum absolute atomic E-state index is 0.0881. The van der Waals surface area contributed by atoms with E-state index in [1.54, 1.807) is 17.4 Å². The van der Waals surface area contributed by atoms with Crippen molar-refractivity contribution < 1.29 is 9.53 Å². The summed E-state index contributed by atoms with van der Waals surface area (Å²) < 4.78 is 8.38. The molecule has 1 aliphatic rings. The molecule has 0 radical (unpaired) electrons. The molecule has 1 saturated heterocycles. The molecule has 0 N–H and O–H groups in total. The van der Waals surface area contributed by atoms with Crippen molar-refractivity contribution in [3.63, 3.8) is 0 Å². The second kappa shape index (κ2) is 9.46. The number of hydrogen-bond donors (Lipinski definition) is 0. The zero-order chi connectivity index (χ0) is 22.0. The van der Waals surface area contributed by atoms with Crippen molar-refractivity contribution in [2.45, 2.75) is 40.2 Å². The maximum atomic E-state index is 13.5. The summed E-state index contributed by atoms with van der Waals surface area (Å²) in [7, 11) is 0. The number of aryl methyl sites for hydroxylation is 2. The monoisotopic (exact) mass is 441 g/mol. The normalized spacial score (nSPS) is 15.1. The van der Waals surface area contributed by atoms with Gasteiger partial charge in [0.05, 0.1) is 23.4 Å². The van der Waals surface area contributed by atoms with Crippen molar-refractivity contribution in [1.29, 1.82) is 0 Å². The molecule has 166 valence electrons. The van der Waals surface area contributed by atoms with Gasteiger partial charge < -0.3 is 4.74 Å². The van der Waals surface area contributed by atoms with Crippen molar-refractivity contribution in [2.24, 2.45) is 0 Å². The number of fused-ring (bicyclic) bond motifs is 1. The summed E-state index contributed by atoms with van der Waals surface area (Å²) in [5, 5.41) is 5.26. The van der Waals surface area contributed by atoms with E-state index in [0.29, 0.717) is 12.2 Å². The highest BCUT2D eigenvalue weighted by Crippen LogP contribution is 2.32. The zero-order valence-electron chi connectivity index (χ0n) is 18.8. The SMILES string of the molecule is Cc1ccc2sc(N(CCCN3CCOCC3)C(=O)c3ccn(C(C)C)n3)nc2c1C. The van der Waals surface area contributed by atoms with Crippen LogP contribution >= 0.6 is 11.3 Å². The number of carbonyl (C=O) groups is 1. The van der Waals surface area contributed by atoms with Gasteiger partial charge in [0.2, 0.25) is 0 Å². The first-order valence-corrected chi connectivity index (χ1v) is 11.8. The van der Waals surface area contributed by atoms with Crippen molar-refractivity contribution >= 4 is 32.6 Å². The van der Waals surface area contributed by atoms with Gasteiger partial charge in [0, 0.05) is 38.4 Å². The van der Waals surface area contributed by atoms with Crippen LogP contribution in [0.25, 0.3) is 10.2 Å². The van der Waals surface area contributed by atoms with Gasteiger partial charge in [0.1, 0.15) is 0 Å². The molecule has 0 spiro atoms. The number of rotatable bonds is 7. The zero-order valence-corrected chi connectivity index (χ0v) is 19.6. The van der Waals surface area contributed by atoms with E-state index in [1.807, 2.05) is 15.8 Å². The quantitative estimate of drug-likeness (QED) is 0.553. The van der Waals surface area contributed by atoms with Crippen LogP contribution in [-0.4, -0.2) is 65.0 Å². The standard InChI is InChI=1S/C23H31N5O2S/c1-16(2)28-11-8-19(25-28)22(29)27(10-5-9-26-12-14-30-15-13-26)23-24-21-18(4)17(3)6-7-20(21)31-23/h6-8,11,16H,5,9-10,12-15H2,1-4H3. The summed E-state index contributed by atoms with van der Waals surface area (Å²) in [6.45, 7) is 13.3. The number of anilines is 1. The van der Waals surface area contributed by atoms with Crippen LogP contribution in [0.2, 0.25) is 0 Å². The Hall–Kier alpha value is -2.29. The van der Waals surface area contributed by atoms with Crippen LogP contribution < -0.4 is 4.90 Å². The predicted octanol–water partition coefficient (Wildman–Crippen LogP) is 4.06. The lowest BCUT2D eigenvalue weighted by Gasteiger charge is -2.27. The van der Waals surface area contributed by atoms with Gasteiger partial charge >= 0.3 is 0 Å². The first kappa shape index (κ1) is 21.9. The molecular weight excluding hydrogens is 410 g/mol. The molecule has 7 nitrogen and oxygen atoms in total. The molecule has 1 aliphatic heterocycles. The summed E-state index contributed by atoms with van der Waals surface area (Å²) in [6, 6.07) is 6.24. The number of amides is 1. The molecule has 31 heavy (non-hydrogen) atoms. The summed E-state index contributed by atoms with van der Waals surface area (Å²) in [6.07, 6.45) is 2.75. The van der Waals surface area contributed by atoms with Crippen molar-refractivity contribution in [3.8, 4) is 0 Å². The molecule has 3 heterocycles. The van der Waals surface area contributed by atoms with Gasteiger partial charge in [0.25, 0.3) is 5.91 Å². The van der Waals surface area contributed by atoms with Gasteiger partial charge in [-0.05, 0) is 57.4 Å². The molecule has 0 aliphatic carbocycles. The van der Waals surface area contributed by atoms with Crippen LogP contribution in [0.15, 0.2) is 24.4 Å². The number of thiazole rings is 1. The number of hydrogen-bond acceptors (Lipinski definition) is 6. The fourth-order valence-electron chi connectivity index (χ4n) is 3.77. The lowest BCUT2D eigenvalue weighted by atomic mass is 10.1. The fraction of sp³-hybridized carbons (Fsp3) is 0.522. The van der Waals surface area contributed by atoms with Gasteiger partial charge in [-0.25, -0.2) is 4.98 Å². The molecule has 3 aromatic rings. The number of ether oxygens (including phenoxy) is 1. The molecular formula is C23H31N5O2S. The van der Waals surface area contributed by atoms with Crippen LogP contribution in [0.4, 0.5) is 5.13 Å². The average molecular weight is 442 g/mol. The third-order valence-corrected chi connectivity index (χ3v) is 6.91. The van der Waals surface area contributed by atoms with Gasteiger partial charge in [0.15, 0.2) is 10.8 Å². The van der Waals surface area contributed by atoms with E-state index in [2.05, 4.69) is 49.8 Å². The highest BCUT2D eigenvalue weighted by Gasteiger charge is 2.24. The molecule has 0 saturated carbocycles. The molecule has 1 fully saturated rings. The van der Waals surface area contributed by atoms with Crippen LogP contribution in [0.3, 0.4) is 0 Å². The van der Waals surface area contributed by atoms with Crippen LogP contribution in [0, 0.1) is 13.8 Å². The van der Waals surface area contributed by atoms with Crippen molar-refractivity contribution in [1.82, 2.24) is 19.7 Å². The smallest absolute Gasteiger partial charge is 0.280 e. The van der Waals surface area contributed by atoms with Gasteiger partial charge in [-0.2, -0.15) is 5.10 Å². The summed E-state index contributed by atoms with van der Waals surface area (Å²) in [4.78, 5) is 22.6. The van der Waals surface area contributed by atoms with Crippen LogP contribution in [0.5, 0.6) is 0 Å². The molecule has 4 rings (SSSR count). The predicted molar refractivity (Wildman–Crippen MR) is 125 cm³/mol. The Morgan fingerprint density at radius 2 is 2.00 bits per heavy atom. The molecule has 1 amide bonds. The number of morpholine rings is 1. The molecule has 1 aromatic carbocycles. The minimum atomic E-state index is -0.0881. The highest BCUT2D eigenvalue weighted by molar-refractivity contribution is 7.22. The van der Waals surface area contributed by atoms with Crippen molar-refractivity contribution in [2.75, 3.05) is 44.3 Å². The van der Waals surface area contributed by atoms with E-state index in [1.165, 1.54) is 11.1 Å². The Kier molecular flexibility index (Phi) is 6.69. The highest BCUT2D eigenvalue weighted by atomic mass is 32.1. The van der Waals surface area contributed by atoms with E-state index < -0.39 is 0 Å². The van der Waals surface area contributed by atoms with Gasteiger partial charge in [-0.3, -0.25) is 19.3 Å². The molecule has 0 atom stereocenters. The topological polar surface area (TPSA) is 63.5 Å². The lowest BCUT2D eigenvalue weighted by molar-refractivity contribution is 0.0376. The van der Waals surface area contributed by atoms with E-state index in [0.717, 1.165) is 54.6 Å². The Balaban J connectivity index is 1.59. The second-order valence-electron chi connectivity index (χ2n) is 8.39. The van der Waals surface area contributed by atoms with E-state index in [4.69, 9.17) is 9.72 Å². The first-order valence-electron chi connectivity index (χ1n) is 11.0. The molecule has 8 heteroatoms. The number of nitrogens with zero attached hydrogens (tertiary/aromatic N) is 5. The third-order valence-electron chi connectivity index (χ3n) is 5.87. The maximum Gasteiger partial charge on any atom is 0.280 e. The van der Waals surface area contributed by atoms with Gasteiger partial charge in [-0.15, -0.1) is 0 Å². The van der Waals surface area contributed by atoms with Crippen molar-refractivity contribution in [3.05, 3.63) is 41.2 Å². The van der Waals surface area contributed by atoms with E-state index in [-0.39, 0.29) is 11.9 Å². The minimum Gasteiger partial charge on any atom is -0.379 e. The Morgan fingerprint density at radius 1 is 1.23 bits per heavy atom. The fourth-order valence-corrected chi connectivity index (χ4v) is 4.82. The van der Waals surface area contributed by atoms with Crippen LogP contribution in [0.1, 0.15) is 47.9 Å². The van der Waals surface area contributed by atoms with E-state index in [9.17, 15) is 4.79 Å². The second-order valence-corrected chi connectivity index (χ2v) is 9.40. The molecule has 0 unspecified atom stereocenters. The Morgan fingerprint density at radius 3 is 2.71 bits per heavy atom. The summed E-state index contributed by atoms with van der Waals surface area (Å²) in [5.41, 5.74) is 3.83. The van der Waals surface area contributed by atoms with Crippen LogP contribution in [-0.2, 0) is 4.74 Å². The number of benzene rings is 1. The average Bonchev–Trinajstić information content (AvgIpc) is 3.42. The summed E-state index contributed by atoms with van der Waals surface area (Å²) in [5.74, 6) is -0.0881. The van der Waals surface area contributed by atoms with Gasteiger partial charge in [-0.1, -0.05) is 17.4 Å². The molecule has 0 bridgehead atoms.